The summed E-state index contributed by atoms with van der Waals surface area (Å²) in [6.45, 7) is 5.96. The monoisotopic (exact) mass is 292 g/mol. The molecule has 0 bridgehead atoms. The maximum Gasteiger partial charge on any atom is 0.314 e. The van der Waals surface area contributed by atoms with Crippen molar-refractivity contribution >= 4 is 11.8 Å². The Bertz CT molecular complexity index is 564. The van der Waals surface area contributed by atoms with Crippen LogP contribution in [0.3, 0.4) is 0 Å². The molecule has 0 aliphatic carbocycles. The van der Waals surface area contributed by atoms with Gasteiger partial charge in [0.1, 0.15) is 11.5 Å². The third kappa shape index (κ3) is 2.73. The Balaban J connectivity index is 2.54. The highest BCUT2D eigenvalue weighted by Crippen LogP contribution is 2.44. The molecule has 114 valence electrons. The molecule has 21 heavy (non-hydrogen) atoms. The number of aromatic hydroxyl groups is 1. The van der Waals surface area contributed by atoms with Crippen molar-refractivity contribution in [1.82, 2.24) is 0 Å². The van der Waals surface area contributed by atoms with Gasteiger partial charge < -0.3 is 14.6 Å². The van der Waals surface area contributed by atoms with Crippen LogP contribution in [0.25, 0.3) is 0 Å². The molecule has 1 aromatic carbocycles. The van der Waals surface area contributed by atoms with E-state index in [1.807, 2.05) is 6.92 Å². The molecule has 1 aromatic rings. The zero-order chi connectivity index (χ0) is 15.6. The van der Waals surface area contributed by atoms with Gasteiger partial charge in [0.25, 0.3) is 0 Å². The van der Waals surface area contributed by atoms with E-state index in [0.29, 0.717) is 17.9 Å². The van der Waals surface area contributed by atoms with E-state index < -0.39 is 11.9 Å². The number of Topliss-reactive ketones (excluding diaryl/α,β-unsaturated/α-hetero) is 1. The first-order chi connectivity index (χ1) is 10.0. The van der Waals surface area contributed by atoms with Gasteiger partial charge >= 0.3 is 5.97 Å². The molecule has 2 atom stereocenters. The van der Waals surface area contributed by atoms with Crippen molar-refractivity contribution in [2.45, 2.75) is 33.1 Å². The van der Waals surface area contributed by atoms with Gasteiger partial charge in [-0.2, -0.15) is 0 Å². The van der Waals surface area contributed by atoms with Crippen LogP contribution in [-0.2, 0) is 9.53 Å². The molecule has 0 radical (unpaired) electrons. The molecular weight excluding hydrogens is 272 g/mol. The number of ketones is 1. The highest BCUT2D eigenvalue weighted by molar-refractivity contribution is 5.99. The third-order valence-electron chi connectivity index (χ3n) is 3.72. The van der Waals surface area contributed by atoms with Gasteiger partial charge in [-0.15, -0.1) is 0 Å². The van der Waals surface area contributed by atoms with Crippen LogP contribution >= 0.6 is 0 Å². The summed E-state index contributed by atoms with van der Waals surface area (Å²) >= 11 is 0. The molecule has 0 aromatic heterocycles. The lowest BCUT2D eigenvalue weighted by Gasteiger charge is -2.30. The number of carbonyl (C=O) groups excluding carboxylic acids is 2. The maximum atomic E-state index is 12.2. The molecule has 2 rings (SSSR count). The average Bonchev–Trinajstić information content (AvgIpc) is 2.47. The van der Waals surface area contributed by atoms with Gasteiger partial charge in [-0.3, -0.25) is 9.59 Å². The molecule has 1 heterocycles. The lowest BCUT2D eigenvalue weighted by molar-refractivity contribution is -0.147. The fourth-order valence-corrected chi connectivity index (χ4v) is 2.62. The second kappa shape index (κ2) is 6.16. The van der Waals surface area contributed by atoms with Gasteiger partial charge in [-0.05, 0) is 19.1 Å². The second-order valence-electron chi connectivity index (χ2n) is 5.17. The summed E-state index contributed by atoms with van der Waals surface area (Å²) in [6, 6.07) is 3.17. The molecular formula is C16H20O5. The first-order valence-electron chi connectivity index (χ1n) is 7.19. The van der Waals surface area contributed by atoms with Gasteiger partial charge in [0.15, 0.2) is 5.78 Å². The van der Waals surface area contributed by atoms with Crippen LogP contribution in [0.2, 0.25) is 0 Å². The van der Waals surface area contributed by atoms with Crippen molar-refractivity contribution in [3.63, 3.8) is 0 Å². The first kappa shape index (κ1) is 15.4. The third-order valence-corrected chi connectivity index (χ3v) is 3.72. The van der Waals surface area contributed by atoms with Crippen molar-refractivity contribution < 1.29 is 24.2 Å². The highest BCUT2D eigenvalue weighted by atomic mass is 16.5. The SMILES string of the molecule is CCOC(=O)C1c2c(ccc(C(=O)CC)c2O)OCC1C. The molecule has 1 N–H and O–H groups in total. The summed E-state index contributed by atoms with van der Waals surface area (Å²) in [4.78, 5) is 24.1. The standard InChI is InChI=1S/C16H20O5/c1-4-11(17)10-6-7-12-14(15(10)18)13(9(3)8-21-12)16(19)20-5-2/h6-7,9,13,18H,4-5,8H2,1-3H3. The summed E-state index contributed by atoms with van der Waals surface area (Å²) in [5, 5.41) is 10.4. The fourth-order valence-electron chi connectivity index (χ4n) is 2.62. The second-order valence-corrected chi connectivity index (χ2v) is 5.17. The van der Waals surface area contributed by atoms with Gasteiger partial charge in [0.2, 0.25) is 0 Å². The molecule has 0 fully saturated rings. The Labute approximate surface area is 123 Å². The van der Waals surface area contributed by atoms with E-state index in [9.17, 15) is 14.7 Å². The zero-order valence-electron chi connectivity index (χ0n) is 12.5. The van der Waals surface area contributed by atoms with Crippen LogP contribution in [0.1, 0.15) is 49.0 Å². The quantitative estimate of drug-likeness (QED) is 0.682. The van der Waals surface area contributed by atoms with Crippen LogP contribution in [-0.4, -0.2) is 30.1 Å². The number of hydrogen-bond donors (Lipinski definition) is 1. The van der Waals surface area contributed by atoms with E-state index in [2.05, 4.69) is 0 Å². The molecule has 0 spiro atoms. The number of carbonyl (C=O) groups is 2. The minimum atomic E-state index is -0.613. The van der Waals surface area contributed by atoms with Crippen LogP contribution in [0.15, 0.2) is 12.1 Å². The number of fused-ring (bicyclic) bond motifs is 1. The fraction of sp³-hybridized carbons (Fsp3) is 0.500. The van der Waals surface area contributed by atoms with E-state index in [-0.39, 0.29) is 36.0 Å². The van der Waals surface area contributed by atoms with Crippen molar-refractivity contribution in [2.24, 2.45) is 5.92 Å². The normalized spacial score (nSPS) is 20.3. The Morgan fingerprint density at radius 1 is 1.38 bits per heavy atom. The van der Waals surface area contributed by atoms with Crippen LogP contribution in [0, 0.1) is 5.92 Å². The topological polar surface area (TPSA) is 72.8 Å². The van der Waals surface area contributed by atoms with E-state index in [1.54, 1.807) is 19.9 Å². The Morgan fingerprint density at radius 2 is 2.10 bits per heavy atom. The minimum absolute atomic E-state index is 0.130. The molecule has 0 amide bonds. The molecule has 1 aliphatic rings. The van der Waals surface area contributed by atoms with Crippen LogP contribution in [0.5, 0.6) is 11.5 Å². The summed E-state index contributed by atoms with van der Waals surface area (Å²) in [5.41, 5.74) is 0.592. The number of rotatable bonds is 4. The van der Waals surface area contributed by atoms with E-state index in [0.717, 1.165) is 0 Å². The molecule has 0 saturated heterocycles. The van der Waals surface area contributed by atoms with Gasteiger partial charge in [0, 0.05) is 12.3 Å². The summed E-state index contributed by atoms with van der Waals surface area (Å²) in [5.74, 6) is -1.03. The molecule has 2 unspecified atom stereocenters. The van der Waals surface area contributed by atoms with Crippen molar-refractivity contribution in [2.75, 3.05) is 13.2 Å². The van der Waals surface area contributed by atoms with Crippen molar-refractivity contribution in [1.29, 1.82) is 0 Å². The lowest BCUT2D eigenvalue weighted by atomic mass is 9.83. The van der Waals surface area contributed by atoms with E-state index in [4.69, 9.17) is 9.47 Å². The summed E-state index contributed by atoms with van der Waals surface area (Å²) in [7, 11) is 0. The first-order valence-corrected chi connectivity index (χ1v) is 7.19. The molecule has 1 aliphatic heterocycles. The number of hydrogen-bond acceptors (Lipinski definition) is 5. The Kier molecular flexibility index (Phi) is 4.50. The van der Waals surface area contributed by atoms with Crippen molar-refractivity contribution in [3.8, 4) is 11.5 Å². The van der Waals surface area contributed by atoms with Gasteiger partial charge in [0.05, 0.1) is 30.3 Å². The van der Waals surface area contributed by atoms with Crippen molar-refractivity contribution in [3.05, 3.63) is 23.3 Å². The predicted octanol–water partition coefficient (Wildman–Crippen LogP) is 2.66. The minimum Gasteiger partial charge on any atom is -0.507 e. The molecule has 5 heteroatoms. The number of phenols is 1. The van der Waals surface area contributed by atoms with Gasteiger partial charge in [-0.25, -0.2) is 0 Å². The Morgan fingerprint density at radius 3 is 2.71 bits per heavy atom. The van der Waals surface area contributed by atoms with E-state index in [1.165, 1.54) is 6.07 Å². The number of benzene rings is 1. The Hall–Kier alpha value is -2.04. The van der Waals surface area contributed by atoms with Gasteiger partial charge in [-0.1, -0.05) is 13.8 Å². The number of phenolic OH excluding ortho intramolecular Hbond substituents is 1. The highest BCUT2D eigenvalue weighted by Gasteiger charge is 2.38. The zero-order valence-corrected chi connectivity index (χ0v) is 12.5. The molecule has 5 nitrogen and oxygen atoms in total. The average molecular weight is 292 g/mol. The lowest BCUT2D eigenvalue weighted by Crippen LogP contribution is -2.31. The van der Waals surface area contributed by atoms with E-state index >= 15 is 0 Å². The van der Waals surface area contributed by atoms with Crippen LogP contribution in [0.4, 0.5) is 0 Å². The maximum absolute atomic E-state index is 12.2. The number of ether oxygens (including phenoxy) is 2. The summed E-state index contributed by atoms with van der Waals surface area (Å²) in [6.07, 6.45) is 0.285. The molecule has 0 saturated carbocycles. The summed E-state index contributed by atoms with van der Waals surface area (Å²) < 4.78 is 10.7. The smallest absolute Gasteiger partial charge is 0.314 e. The largest absolute Gasteiger partial charge is 0.507 e. The number of esters is 1. The predicted molar refractivity (Wildman–Crippen MR) is 76.8 cm³/mol. The van der Waals surface area contributed by atoms with Crippen LogP contribution < -0.4 is 4.74 Å².